The smallest absolute Gasteiger partial charge is 0.248 e. The average molecular weight is 471 g/mol. The molecule has 3 saturated heterocycles. The van der Waals surface area contributed by atoms with Crippen molar-refractivity contribution in [3.05, 3.63) is 0 Å². The van der Waals surface area contributed by atoms with Gasteiger partial charge >= 0.3 is 31.2 Å². The molecule has 3 heterocycles. The average Bonchev–Trinajstić information content (AvgIpc) is 2.84. The summed E-state index contributed by atoms with van der Waals surface area (Å²) in [6.07, 6.45) is 0.916. The lowest BCUT2D eigenvalue weighted by atomic mass is 10.2. The molecule has 0 aromatic carbocycles. The van der Waals surface area contributed by atoms with Gasteiger partial charge in [-0.25, -0.2) is 25.1 Å². The summed E-state index contributed by atoms with van der Waals surface area (Å²) < 4.78 is 89.2. The first-order valence-electron chi connectivity index (χ1n) is 8.50. The molecule has 0 N–H and O–H groups in total. The van der Waals surface area contributed by atoms with E-state index in [-0.39, 0.29) is 37.6 Å². The van der Waals surface area contributed by atoms with Crippen LogP contribution in [0.2, 0.25) is 0 Å². The summed E-state index contributed by atoms with van der Waals surface area (Å²) in [4.78, 5) is 0. The standard InChI is InChI=1S/C5H10O4S.2C4H8O4S/c1-4-3-5(2)9-10(6,7)8-4;1-4-2-3-7-9(5,6)8-4;1-2-4-3-7-9(5,6)8-4/h4-5H,3H2,1-2H3;2*4H,2-3H2,1H3. The van der Waals surface area contributed by atoms with E-state index in [0.29, 0.717) is 19.3 Å². The van der Waals surface area contributed by atoms with Crippen LogP contribution in [0.5, 0.6) is 0 Å². The maximum atomic E-state index is 10.6. The van der Waals surface area contributed by atoms with Gasteiger partial charge in [-0.05, 0) is 33.6 Å². The molecule has 0 radical (unpaired) electrons. The van der Waals surface area contributed by atoms with Gasteiger partial charge < -0.3 is 0 Å². The molecule has 3 fully saturated rings. The quantitative estimate of drug-likeness (QED) is 0.525. The van der Waals surface area contributed by atoms with E-state index in [4.69, 9.17) is 0 Å². The molecule has 4 unspecified atom stereocenters. The lowest BCUT2D eigenvalue weighted by Crippen LogP contribution is -2.31. The van der Waals surface area contributed by atoms with Gasteiger partial charge in [-0.1, -0.05) is 6.92 Å². The zero-order valence-electron chi connectivity index (χ0n) is 16.0. The zero-order valence-corrected chi connectivity index (χ0v) is 18.4. The van der Waals surface area contributed by atoms with Crippen molar-refractivity contribution in [1.29, 1.82) is 0 Å². The minimum atomic E-state index is -3.68. The Balaban J connectivity index is 0.000000210. The Morgan fingerprint density at radius 3 is 1.50 bits per heavy atom. The van der Waals surface area contributed by atoms with E-state index in [1.54, 1.807) is 20.8 Å². The zero-order chi connectivity index (χ0) is 21.6. The van der Waals surface area contributed by atoms with Crippen LogP contribution >= 0.6 is 0 Å². The summed E-state index contributed by atoms with van der Waals surface area (Å²) in [5.74, 6) is 0. The van der Waals surface area contributed by atoms with E-state index >= 15 is 0 Å². The molecule has 0 bridgehead atoms. The van der Waals surface area contributed by atoms with Crippen molar-refractivity contribution in [2.45, 2.75) is 71.4 Å². The molecule has 0 saturated carbocycles. The van der Waals surface area contributed by atoms with Gasteiger partial charge in [-0.2, -0.15) is 25.3 Å². The number of hydrogen-bond acceptors (Lipinski definition) is 12. The lowest BCUT2D eigenvalue weighted by molar-refractivity contribution is 0.0586. The second-order valence-corrected chi connectivity index (χ2v) is 9.89. The Kier molecular flexibility index (Phi) is 9.69. The van der Waals surface area contributed by atoms with E-state index in [1.807, 2.05) is 6.92 Å². The third-order valence-corrected chi connectivity index (χ3v) is 6.45. The first-order chi connectivity index (χ1) is 12.7. The van der Waals surface area contributed by atoms with Crippen LogP contribution < -0.4 is 0 Å². The molecule has 168 valence electrons. The van der Waals surface area contributed by atoms with Gasteiger partial charge in [0, 0.05) is 6.42 Å². The van der Waals surface area contributed by atoms with Crippen LogP contribution in [0.25, 0.3) is 0 Å². The van der Waals surface area contributed by atoms with Gasteiger partial charge in [-0.3, -0.25) is 0 Å². The van der Waals surface area contributed by atoms with Crippen LogP contribution in [-0.2, 0) is 56.3 Å². The molecule has 3 aliphatic rings. The molecule has 0 aliphatic carbocycles. The third-order valence-electron chi connectivity index (χ3n) is 3.37. The Hall–Kier alpha value is -0.390. The van der Waals surface area contributed by atoms with Crippen molar-refractivity contribution < 1.29 is 50.4 Å². The van der Waals surface area contributed by atoms with Gasteiger partial charge in [-0.15, -0.1) is 0 Å². The number of hydrogen-bond donors (Lipinski definition) is 0. The SMILES string of the molecule is CC1CC(C)OS(=O)(=O)O1.CC1CCOS(=O)(=O)O1.CCC1COS(=O)(=O)O1. The van der Waals surface area contributed by atoms with Crippen molar-refractivity contribution in [2.24, 2.45) is 0 Å². The van der Waals surface area contributed by atoms with E-state index in [0.717, 1.165) is 0 Å². The van der Waals surface area contributed by atoms with Crippen LogP contribution in [0, 0.1) is 0 Å². The van der Waals surface area contributed by atoms with Crippen LogP contribution in [0.15, 0.2) is 0 Å². The molecule has 28 heavy (non-hydrogen) atoms. The maximum Gasteiger partial charge on any atom is 0.400 e. The molecule has 0 amide bonds. The minimum Gasteiger partial charge on any atom is -0.248 e. The molecular weight excluding hydrogens is 444 g/mol. The first-order valence-corrected chi connectivity index (χ1v) is 12.5. The third kappa shape index (κ3) is 10.4. The Bertz CT molecular complexity index is 773. The first kappa shape index (κ1) is 25.6. The monoisotopic (exact) mass is 470 g/mol. The lowest BCUT2D eigenvalue weighted by Gasteiger charge is -2.23. The largest absolute Gasteiger partial charge is 0.400 e. The second kappa shape index (κ2) is 10.6. The van der Waals surface area contributed by atoms with Crippen molar-refractivity contribution in [1.82, 2.24) is 0 Å². The molecule has 0 aromatic heterocycles. The van der Waals surface area contributed by atoms with Crippen LogP contribution in [0.3, 0.4) is 0 Å². The highest BCUT2D eigenvalue weighted by molar-refractivity contribution is 7.82. The summed E-state index contributed by atoms with van der Waals surface area (Å²) in [5, 5.41) is 0. The van der Waals surface area contributed by atoms with Crippen molar-refractivity contribution in [3.63, 3.8) is 0 Å². The van der Waals surface area contributed by atoms with E-state index in [2.05, 4.69) is 25.1 Å². The predicted molar refractivity (Wildman–Crippen MR) is 94.7 cm³/mol. The number of rotatable bonds is 1. The van der Waals surface area contributed by atoms with Crippen LogP contribution in [0.4, 0.5) is 0 Å². The predicted octanol–water partition coefficient (Wildman–Crippen LogP) is 0.558. The van der Waals surface area contributed by atoms with Crippen LogP contribution in [0.1, 0.15) is 47.0 Å². The van der Waals surface area contributed by atoms with E-state index in [1.165, 1.54) is 0 Å². The molecule has 3 rings (SSSR count). The summed E-state index contributed by atoms with van der Waals surface area (Å²) in [6, 6.07) is 0. The normalized spacial score (nSPS) is 35.6. The van der Waals surface area contributed by atoms with E-state index in [9.17, 15) is 25.3 Å². The van der Waals surface area contributed by atoms with Crippen molar-refractivity contribution in [2.75, 3.05) is 13.2 Å². The van der Waals surface area contributed by atoms with Gasteiger partial charge in [0.25, 0.3) is 0 Å². The highest BCUT2D eigenvalue weighted by Gasteiger charge is 2.28. The fraction of sp³-hybridized carbons (Fsp3) is 1.00. The summed E-state index contributed by atoms with van der Waals surface area (Å²) in [5.41, 5.74) is 0. The second-order valence-electron chi connectivity index (χ2n) is 6.20. The van der Waals surface area contributed by atoms with Crippen molar-refractivity contribution in [3.8, 4) is 0 Å². The molecular formula is C13H26O12S3. The Labute approximate surface area is 166 Å². The molecule has 4 atom stereocenters. The summed E-state index contributed by atoms with van der Waals surface area (Å²) in [6.45, 7) is 7.35. The minimum absolute atomic E-state index is 0.166. The van der Waals surface area contributed by atoms with Gasteiger partial charge in [0.2, 0.25) is 0 Å². The Morgan fingerprint density at radius 2 is 1.21 bits per heavy atom. The topological polar surface area (TPSA) is 158 Å². The van der Waals surface area contributed by atoms with Crippen LogP contribution in [-0.4, -0.2) is 62.9 Å². The molecule has 3 aliphatic heterocycles. The Morgan fingerprint density at radius 1 is 0.714 bits per heavy atom. The molecule has 15 heteroatoms. The fourth-order valence-corrected chi connectivity index (χ4v) is 4.89. The summed E-state index contributed by atoms with van der Waals surface area (Å²) in [7, 11) is -10.9. The van der Waals surface area contributed by atoms with Gasteiger partial charge in [0.15, 0.2) is 0 Å². The fourth-order valence-electron chi connectivity index (χ4n) is 2.13. The molecule has 0 aromatic rings. The maximum absolute atomic E-state index is 10.6. The van der Waals surface area contributed by atoms with Crippen molar-refractivity contribution >= 4 is 31.2 Å². The highest BCUT2D eigenvalue weighted by Crippen LogP contribution is 2.18. The molecule has 0 spiro atoms. The van der Waals surface area contributed by atoms with Gasteiger partial charge in [0.1, 0.15) is 6.10 Å². The van der Waals surface area contributed by atoms with E-state index < -0.39 is 31.2 Å². The molecule has 12 nitrogen and oxygen atoms in total. The van der Waals surface area contributed by atoms with Gasteiger partial charge in [0.05, 0.1) is 31.5 Å². The summed E-state index contributed by atoms with van der Waals surface area (Å²) >= 11 is 0. The highest BCUT2D eigenvalue weighted by atomic mass is 32.3.